The SMILES string of the molecule is CC(=O)C(C)n1c(CNC(=O)COc2ccc(Cl)cc2)nc2ccccc21. The van der Waals surface area contributed by atoms with E-state index in [1.807, 2.05) is 35.8 Å². The molecule has 0 fully saturated rings. The molecule has 1 aromatic heterocycles. The van der Waals surface area contributed by atoms with Crippen molar-refractivity contribution in [3.05, 3.63) is 59.4 Å². The molecule has 0 saturated heterocycles. The Kier molecular flexibility index (Phi) is 5.76. The Balaban J connectivity index is 1.69. The summed E-state index contributed by atoms with van der Waals surface area (Å²) in [5.74, 6) is 0.932. The number of nitrogens with zero attached hydrogens (tertiary/aromatic N) is 2. The Labute approximate surface area is 162 Å². The Bertz CT molecular complexity index is 966. The molecular weight excluding hydrogens is 366 g/mol. The minimum Gasteiger partial charge on any atom is -0.484 e. The van der Waals surface area contributed by atoms with Gasteiger partial charge in [0.05, 0.1) is 23.6 Å². The lowest BCUT2D eigenvalue weighted by Crippen LogP contribution is -2.30. The maximum Gasteiger partial charge on any atom is 0.258 e. The summed E-state index contributed by atoms with van der Waals surface area (Å²) < 4.78 is 7.29. The number of fused-ring (bicyclic) bond motifs is 1. The molecule has 1 unspecified atom stereocenters. The molecule has 27 heavy (non-hydrogen) atoms. The molecule has 0 radical (unpaired) electrons. The van der Waals surface area contributed by atoms with Crippen LogP contribution in [0.5, 0.6) is 5.75 Å². The van der Waals surface area contributed by atoms with Crippen LogP contribution in [0.15, 0.2) is 48.5 Å². The second-order valence-electron chi connectivity index (χ2n) is 6.19. The zero-order valence-electron chi connectivity index (χ0n) is 15.1. The molecule has 3 aromatic rings. The van der Waals surface area contributed by atoms with Crippen LogP contribution in [0.1, 0.15) is 25.7 Å². The van der Waals surface area contributed by atoms with Gasteiger partial charge in [-0.3, -0.25) is 9.59 Å². The lowest BCUT2D eigenvalue weighted by atomic mass is 10.2. The number of rotatable bonds is 7. The maximum atomic E-state index is 12.1. The predicted molar refractivity (Wildman–Crippen MR) is 104 cm³/mol. The lowest BCUT2D eigenvalue weighted by Gasteiger charge is -2.15. The largest absolute Gasteiger partial charge is 0.484 e. The molecule has 0 aliphatic carbocycles. The van der Waals surface area contributed by atoms with Crippen LogP contribution in [0.4, 0.5) is 0 Å². The zero-order valence-corrected chi connectivity index (χ0v) is 15.9. The van der Waals surface area contributed by atoms with E-state index in [4.69, 9.17) is 16.3 Å². The van der Waals surface area contributed by atoms with Crippen LogP contribution in [-0.2, 0) is 16.1 Å². The fourth-order valence-electron chi connectivity index (χ4n) is 2.74. The summed E-state index contributed by atoms with van der Waals surface area (Å²) >= 11 is 5.82. The number of amides is 1. The van der Waals surface area contributed by atoms with Crippen molar-refractivity contribution in [2.75, 3.05) is 6.61 Å². The maximum absolute atomic E-state index is 12.1. The van der Waals surface area contributed by atoms with Gasteiger partial charge in [0, 0.05) is 5.02 Å². The van der Waals surface area contributed by atoms with Gasteiger partial charge in [0.2, 0.25) is 0 Å². The van der Waals surface area contributed by atoms with Crippen LogP contribution in [0.2, 0.25) is 5.02 Å². The van der Waals surface area contributed by atoms with Gasteiger partial charge in [0.1, 0.15) is 11.6 Å². The zero-order chi connectivity index (χ0) is 19.4. The van der Waals surface area contributed by atoms with Crippen LogP contribution >= 0.6 is 11.6 Å². The molecule has 1 N–H and O–H groups in total. The Morgan fingerprint density at radius 2 is 1.89 bits per heavy atom. The number of halogens is 1. The summed E-state index contributed by atoms with van der Waals surface area (Å²) in [6.45, 7) is 3.45. The van der Waals surface area contributed by atoms with Crippen LogP contribution in [-0.4, -0.2) is 27.8 Å². The van der Waals surface area contributed by atoms with Crippen molar-refractivity contribution in [1.29, 1.82) is 0 Å². The van der Waals surface area contributed by atoms with Gasteiger partial charge in [-0.25, -0.2) is 4.98 Å². The van der Waals surface area contributed by atoms with Crippen molar-refractivity contribution in [2.24, 2.45) is 0 Å². The summed E-state index contributed by atoms with van der Waals surface area (Å²) in [5.41, 5.74) is 1.65. The van der Waals surface area contributed by atoms with Crippen molar-refractivity contribution < 1.29 is 14.3 Å². The molecule has 6 nitrogen and oxygen atoms in total. The molecule has 1 atom stereocenters. The first kappa shape index (κ1) is 18.9. The molecule has 1 amide bonds. The van der Waals surface area contributed by atoms with Crippen LogP contribution in [0.25, 0.3) is 11.0 Å². The van der Waals surface area contributed by atoms with Crippen molar-refractivity contribution in [3.63, 3.8) is 0 Å². The summed E-state index contributed by atoms with van der Waals surface area (Å²) in [6, 6.07) is 14.0. The van der Waals surface area contributed by atoms with E-state index in [1.165, 1.54) is 0 Å². The second kappa shape index (κ2) is 8.22. The topological polar surface area (TPSA) is 73.2 Å². The van der Waals surface area contributed by atoms with Gasteiger partial charge in [-0.1, -0.05) is 23.7 Å². The first-order chi connectivity index (χ1) is 13.0. The van der Waals surface area contributed by atoms with Gasteiger partial charge in [-0.15, -0.1) is 0 Å². The van der Waals surface area contributed by atoms with E-state index in [0.717, 1.165) is 11.0 Å². The minimum atomic E-state index is -0.366. The molecule has 7 heteroatoms. The number of ether oxygens (including phenoxy) is 1. The molecule has 0 aliphatic rings. The number of nitrogens with one attached hydrogen (secondary N) is 1. The Morgan fingerprint density at radius 1 is 1.19 bits per heavy atom. The minimum absolute atomic E-state index is 0.0248. The van der Waals surface area contributed by atoms with E-state index < -0.39 is 0 Å². The molecule has 2 aromatic carbocycles. The number of carbonyl (C=O) groups excluding carboxylic acids is 2. The number of ketones is 1. The number of hydrogen-bond donors (Lipinski definition) is 1. The summed E-state index contributed by atoms with van der Waals surface area (Å²) in [6.07, 6.45) is 0. The standard InChI is InChI=1S/C20H20ClN3O3/c1-13(14(2)25)24-18-6-4-3-5-17(18)23-19(24)11-22-20(26)12-27-16-9-7-15(21)8-10-16/h3-10,13H,11-12H2,1-2H3,(H,22,26). The Morgan fingerprint density at radius 3 is 2.59 bits per heavy atom. The summed E-state index contributed by atoms with van der Waals surface area (Å²) in [7, 11) is 0. The fourth-order valence-corrected chi connectivity index (χ4v) is 2.87. The number of Topliss-reactive ketones (excluding diaryl/α,β-unsaturated/α-hetero) is 1. The van der Waals surface area contributed by atoms with Crippen LogP contribution in [0, 0.1) is 0 Å². The van der Waals surface area contributed by atoms with E-state index >= 15 is 0 Å². The lowest BCUT2D eigenvalue weighted by molar-refractivity contribution is -0.123. The van der Waals surface area contributed by atoms with E-state index in [9.17, 15) is 9.59 Å². The molecule has 0 saturated carbocycles. The number of imidazole rings is 1. The average Bonchev–Trinajstić information content (AvgIpc) is 3.03. The van der Waals surface area contributed by atoms with Gasteiger partial charge in [-0.05, 0) is 50.2 Å². The van der Waals surface area contributed by atoms with Gasteiger partial charge in [-0.2, -0.15) is 0 Å². The molecule has 0 bridgehead atoms. The van der Waals surface area contributed by atoms with E-state index in [1.54, 1.807) is 31.2 Å². The highest BCUT2D eigenvalue weighted by Gasteiger charge is 2.19. The number of aromatic nitrogens is 2. The third-order valence-corrected chi connectivity index (χ3v) is 4.52. The van der Waals surface area contributed by atoms with E-state index in [2.05, 4.69) is 10.3 Å². The average molecular weight is 386 g/mol. The second-order valence-corrected chi connectivity index (χ2v) is 6.63. The number of hydrogen-bond acceptors (Lipinski definition) is 4. The highest BCUT2D eigenvalue weighted by atomic mass is 35.5. The molecular formula is C20H20ClN3O3. The van der Waals surface area contributed by atoms with Gasteiger partial charge >= 0.3 is 0 Å². The quantitative estimate of drug-likeness (QED) is 0.675. The van der Waals surface area contributed by atoms with Crippen molar-refractivity contribution in [1.82, 2.24) is 14.9 Å². The first-order valence-corrected chi connectivity index (χ1v) is 8.95. The number of carbonyl (C=O) groups is 2. The van der Waals surface area contributed by atoms with Crippen molar-refractivity contribution in [3.8, 4) is 5.75 Å². The van der Waals surface area contributed by atoms with Gasteiger partial charge in [0.15, 0.2) is 12.4 Å². The van der Waals surface area contributed by atoms with Gasteiger partial charge < -0.3 is 14.6 Å². The van der Waals surface area contributed by atoms with Crippen LogP contribution in [0.3, 0.4) is 0 Å². The van der Waals surface area contributed by atoms with Crippen molar-refractivity contribution >= 4 is 34.3 Å². The smallest absolute Gasteiger partial charge is 0.258 e. The molecule has 1 heterocycles. The molecule has 0 spiro atoms. The highest BCUT2D eigenvalue weighted by molar-refractivity contribution is 6.30. The summed E-state index contributed by atoms with van der Waals surface area (Å²) in [4.78, 5) is 28.6. The number of para-hydroxylation sites is 2. The third-order valence-electron chi connectivity index (χ3n) is 4.27. The predicted octanol–water partition coefficient (Wildman–Crippen LogP) is 3.53. The Hall–Kier alpha value is -2.86. The molecule has 140 valence electrons. The monoisotopic (exact) mass is 385 g/mol. The van der Waals surface area contributed by atoms with Crippen molar-refractivity contribution in [2.45, 2.75) is 26.4 Å². The van der Waals surface area contributed by atoms with E-state index in [-0.39, 0.29) is 30.9 Å². The van der Waals surface area contributed by atoms with Crippen LogP contribution < -0.4 is 10.1 Å². The number of benzene rings is 2. The highest BCUT2D eigenvalue weighted by Crippen LogP contribution is 2.22. The summed E-state index contributed by atoms with van der Waals surface area (Å²) in [5, 5.41) is 3.39. The normalized spacial score (nSPS) is 12.0. The van der Waals surface area contributed by atoms with E-state index in [0.29, 0.717) is 16.6 Å². The molecule has 3 rings (SSSR count). The van der Waals surface area contributed by atoms with Gasteiger partial charge in [0.25, 0.3) is 5.91 Å². The third kappa shape index (κ3) is 4.46. The molecule has 0 aliphatic heterocycles. The first-order valence-electron chi connectivity index (χ1n) is 8.57. The fraction of sp³-hybridized carbons (Fsp3) is 0.250.